The number of esters is 1. The molecule has 0 saturated heterocycles. The van der Waals surface area contributed by atoms with E-state index in [-0.39, 0.29) is 17.6 Å². The molecule has 2 aromatic rings. The molecule has 2 aromatic heterocycles. The van der Waals surface area contributed by atoms with Crippen LogP contribution >= 0.6 is 0 Å². The first kappa shape index (κ1) is 12.2. The molecule has 7 nitrogen and oxygen atoms in total. The normalized spacial score (nSPS) is 10.9. The molecule has 0 radical (unpaired) electrons. The number of hydrogen-bond acceptors (Lipinski definition) is 5. The van der Waals surface area contributed by atoms with Gasteiger partial charge in [-0.25, -0.2) is 9.78 Å². The standard InChI is InChI=1S/C11H15N5O2/c1-7(2)16-5-4-8(14-16)15-6-13-9(10(15)12)11(17)18-3/h4-7H,12H2,1-3H3. The number of carbonyl (C=O) groups excluding carboxylic acids is 1. The quantitative estimate of drug-likeness (QED) is 0.820. The van der Waals surface area contributed by atoms with Crippen LogP contribution in [0.1, 0.15) is 30.4 Å². The molecule has 0 aliphatic rings. The molecule has 0 unspecified atom stereocenters. The summed E-state index contributed by atoms with van der Waals surface area (Å²) in [7, 11) is 1.29. The molecular formula is C11H15N5O2. The van der Waals surface area contributed by atoms with Crippen molar-refractivity contribution in [2.45, 2.75) is 19.9 Å². The van der Waals surface area contributed by atoms with Crippen molar-refractivity contribution in [3.63, 3.8) is 0 Å². The van der Waals surface area contributed by atoms with E-state index in [0.717, 1.165) is 0 Å². The number of carbonyl (C=O) groups is 1. The first-order chi connectivity index (χ1) is 8.54. The van der Waals surface area contributed by atoms with E-state index < -0.39 is 5.97 Å². The van der Waals surface area contributed by atoms with Crippen LogP contribution < -0.4 is 5.73 Å². The summed E-state index contributed by atoms with van der Waals surface area (Å²) in [5.74, 6) is 0.272. The minimum Gasteiger partial charge on any atom is -0.464 e. The monoisotopic (exact) mass is 249 g/mol. The van der Waals surface area contributed by atoms with Crippen LogP contribution in [0.4, 0.5) is 5.82 Å². The van der Waals surface area contributed by atoms with Crippen molar-refractivity contribution in [1.29, 1.82) is 0 Å². The molecule has 0 aliphatic heterocycles. The van der Waals surface area contributed by atoms with E-state index in [1.54, 1.807) is 15.3 Å². The fourth-order valence-electron chi connectivity index (χ4n) is 1.54. The Hall–Kier alpha value is -2.31. The van der Waals surface area contributed by atoms with Crippen LogP contribution in [0, 0.1) is 0 Å². The maximum atomic E-state index is 11.4. The average Bonchev–Trinajstić information content (AvgIpc) is 2.94. The van der Waals surface area contributed by atoms with Crippen LogP contribution in [0.2, 0.25) is 0 Å². The van der Waals surface area contributed by atoms with Gasteiger partial charge < -0.3 is 10.5 Å². The van der Waals surface area contributed by atoms with E-state index in [0.29, 0.717) is 5.82 Å². The summed E-state index contributed by atoms with van der Waals surface area (Å²) in [5, 5.41) is 4.35. The van der Waals surface area contributed by atoms with Crippen molar-refractivity contribution in [2.75, 3.05) is 12.8 Å². The molecule has 96 valence electrons. The highest BCUT2D eigenvalue weighted by Gasteiger charge is 2.18. The highest BCUT2D eigenvalue weighted by Crippen LogP contribution is 2.17. The second-order valence-corrected chi connectivity index (χ2v) is 4.09. The molecule has 7 heteroatoms. The number of nitrogen functional groups attached to an aromatic ring is 1. The summed E-state index contributed by atoms with van der Waals surface area (Å²) in [6, 6.07) is 2.06. The summed E-state index contributed by atoms with van der Waals surface area (Å²) < 4.78 is 7.93. The second kappa shape index (κ2) is 4.52. The summed E-state index contributed by atoms with van der Waals surface area (Å²) >= 11 is 0. The van der Waals surface area contributed by atoms with Gasteiger partial charge in [-0.05, 0) is 13.8 Å². The molecule has 0 saturated carbocycles. The van der Waals surface area contributed by atoms with Crippen LogP contribution in [-0.4, -0.2) is 32.4 Å². The highest BCUT2D eigenvalue weighted by atomic mass is 16.5. The smallest absolute Gasteiger partial charge is 0.360 e. The van der Waals surface area contributed by atoms with Gasteiger partial charge in [0.15, 0.2) is 11.5 Å². The Kier molecular flexibility index (Phi) is 3.05. The van der Waals surface area contributed by atoms with Crippen molar-refractivity contribution in [3.05, 3.63) is 24.3 Å². The Morgan fingerprint density at radius 1 is 1.50 bits per heavy atom. The van der Waals surface area contributed by atoms with Crippen molar-refractivity contribution in [1.82, 2.24) is 19.3 Å². The van der Waals surface area contributed by atoms with Crippen molar-refractivity contribution in [2.24, 2.45) is 0 Å². The van der Waals surface area contributed by atoms with Crippen molar-refractivity contribution < 1.29 is 9.53 Å². The Balaban J connectivity index is 2.39. The Labute approximate surface area is 104 Å². The second-order valence-electron chi connectivity index (χ2n) is 4.09. The van der Waals surface area contributed by atoms with E-state index in [2.05, 4.69) is 14.8 Å². The van der Waals surface area contributed by atoms with Gasteiger partial charge in [-0.3, -0.25) is 9.25 Å². The third-order valence-electron chi connectivity index (χ3n) is 2.55. The maximum absolute atomic E-state index is 11.4. The third kappa shape index (κ3) is 1.94. The molecule has 0 bridgehead atoms. The van der Waals surface area contributed by atoms with Crippen LogP contribution in [0.25, 0.3) is 5.82 Å². The Morgan fingerprint density at radius 3 is 2.78 bits per heavy atom. The molecule has 0 amide bonds. The minimum absolute atomic E-state index is 0.0941. The lowest BCUT2D eigenvalue weighted by Gasteiger charge is -2.04. The molecule has 0 spiro atoms. The molecule has 2 rings (SSSR count). The van der Waals surface area contributed by atoms with Gasteiger partial charge in [-0.15, -0.1) is 0 Å². The first-order valence-corrected chi connectivity index (χ1v) is 5.51. The van der Waals surface area contributed by atoms with Gasteiger partial charge in [0.05, 0.1) is 7.11 Å². The van der Waals surface area contributed by atoms with Crippen molar-refractivity contribution in [3.8, 4) is 5.82 Å². The molecule has 0 aliphatic carbocycles. The predicted molar refractivity (Wildman–Crippen MR) is 65.5 cm³/mol. The first-order valence-electron chi connectivity index (χ1n) is 5.51. The zero-order valence-corrected chi connectivity index (χ0v) is 10.5. The zero-order chi connectivity index (χ0) is 13.3. The summed E-state index contributed by atoms with van der Waals surface area (Å²) in [4.78, 5) is 15.3. The molecular weight excluding hydrogens is 234 g/mol. The zero-order valence-electron chi connectivity index (χ0n) is 10.5. The third-order valence-corrected chi connectivity index (χ3v) is 2.55. The van der Waals surface area contributed by atoms with Gasteiger partial charge in [0.1, 0.15) is 12.1 Å². The number of nitrogens with zero attached hydrogens (tertiary/aromatic N) is 4. The van der Waals surface area contributed by atoms with Gasteiger partial charge in [0.25, 0.3) is 0 Å². The van der Waals surface area contributed by atoms with Crippen LogP contribution in [0.15, 0.2) is 18.6 Å². The van der Waals surface area contributed by atoms with E-state index in [1.807, 2.05) is 20.0 Å². The Bertz CT molecular complexity index is 570. The van der Waals surface area contributed by atoms with Gasteiger partial charge >= 0.3 is 5.97 Å². The van der Waals surface area contributed by atoms with E-state index in [4.69, 9.17) is 5.73 Å². The lowest BCUT2D eigenvalue weighted by atomic mass is 10.4. The number of nitrogens with two attached hydrogens (primary N) is 1. The molecule has 2 N–H and O–H groups in total. The SMILES string of the molecule is COC(=O)c1ncn(-c2ccn(C(C)C)n2)c1N. The molecule has 18 heavy (non-hydrogen) atoms. The van der Waals surface area contributed by atoms with Crippen molar-refractivity contribution >= 4 is 11.8 Å². The van der Waals surface area contributed by atoms with Gasteiger partial charge in [-0.1, -0.05) is 0 Å². The fraction of sp³-hybridized carbons (Fsp3) is 0.364. The molecule has 0 fully saturated rings. The predicted octanol–water partition coefficient (Wildman–Crippen LogP) is 1.02. The summed E-state index contributed by atoms with van der Waals surface area (Å²) in [6.07, 6.45) is 3.30. The lowest BCUT2D eigenvalue weighted by Crippen LogP contribution is -2.08. The van der Waals surface area contributed by atoms with Crippen LogP contribution in [0.5, 0.6) is 0 Å². The van der Waals surface area contributed by atoms with Gasteiger partial charge in [-0.2, -0.15) is 5.10 Å². The molecule has 0 atom stereocenters. The summed E-state index contributed by atoms with van der Waals surface area (Å²) in [5.41, 5.74) is 5.94. The lowest BCUT2D eigenvalue weighted by molar-refractivity contribution is 0.0596. The number of anilines is 1. The van der Waals surface area contributed by atoms with E-state index in [1.165, 1.54) is 13.4 Å². The van der Waals surface area contributed by atoms with E-state index in [9.17, 15) is 4.79 Å². The number of imidazole rings is 1. The number of rotatable bonds is 3. The van der Waals surface area contributed by atoms with Crippen LogP contribution in [0.3, 0.4) is 0 Å². The Morgan fingerprint density at radius 2 is 2.22 bits per heavy atom. The average molecular weight is 249 g/mol. The van der Waals surface area contributed by atoms with Gasteiger partial charge in [0.2, 0.25) is 0 Å². The fourth-order valence-corrected chi connectivity index (χ4v) is 1.54. The number of methoxy groups -OCH3 is 1. The minimum atomic E-state index is -0.561. The molecule has 0 aromatic carbocycles. The topological polar surface area (TPSA) is 88.0 Å². The van der Waals surface area contributed by atoms with E-state index >= 15 is 0 Å². The number of ether oxygens (including phenoxy) is 1. The number of hydrogen-bond donors (Lipinski definition) is 1. The van der Waals surface area contributed by atoms with Crippen LogP contribution in [-0.2, 0) is 4.74 Å². The number of aromatic nitrogens is 4. The van der Waals surface area contributed by atoms with Gasteiger partial charge in [0, 0.05) is 18.3 Å². The summed E-state index contributed by atoms with van der Waals surface area (Å²) in [6.45, 7) is 4.04. The largest absolute Gasteiger partial charge is 0.464 e. The maximum Gasteiger partial charge on any atom is 0.360 e. The molecule has 2 heterocycles. The highest BCUT2D eigenvalue weighted by molar-refractivity contribution is 5.92.